The van der Waals surface area contributed by atoms with Crippen LogP contribution < -0.4 is 25.3 Å². The molecule has 0 saturated carbocycles. The van der Waals surface area contributed by atoms with E-state index in [1.54, 1.807) is 21.3 Å². The van der Waals surface area contributed by atoms with Gasteiger partial charge >= 0.3 is 0 Å². The zero-order valence-electron chi connectivity index (χ0n) is 12.3. The van der Waals surface area contributed by atoms with Crippen molar-refractivity contribution in [3.63, 3.8) is 0 Å². The van der Waals surface area contributed by atoms with Gasteiger partial charge in [-0.2, -0.15) is 0 Å². The Hall–Kier alpha value is -1.46. The van der Waals surface area contributed by atoms with E-state index in [2.05, 4.69) is 12.2 Å². The van der Waals surface area contributed by atoms with Crippen LogP contribution in [0.1, 0.15) is 18.5 Å². The van der Waals surface area contributed by atoms with Gasteiger partial charge < -0.3 is 25.3 Å². The zero-order chi connectivity index (χ0) is 14.4. The number of nitrogens with two attached hydrogens (primary N) is 1. The molecule has 0 radical (unpaired) electrons. The van der Waals surface area contributed by atoms with Crippen LogP contribution in [0.15, 0.2) is 12.1 Å². The van der Waals surface area contributed by atoms with Crippen LogP contribution in [0, 0.1) is 5.92 Å². The van der Waals surface area contributed by atoms with Crippen molar-refractivity contribution >= 4 is 0 Å². The van der Waals surface area contributed by atoms with Gasteiger partial charge in [-0.3, -0.25) is 0 Å². The lowest BCUT2D eigenvalue weighted by Gasteiger charge is -2.26. The predicted octanol–water partition coefficient (Wildman–Crippen LogP) is 1.57. The Morgan fingerprint density at radius 3 is 1.95 bits per heavy atom. The van der Waals surface area contributed by atoms with E-state index in [0.717, 1.165) is 17.1 Å². The smallest absolute Gasteiger partial charge is 0.131 e. The summed E-state index contributed by atoms with van der Waals surface area (Å²) >= 11 is 0. The molecule has 1 rings (SSSR count). The molecule has 0 heterocycles. The number of hydrogen-bond donors (Lipinski definition) is 2. The highest BCUT2D eigenvalue weighted by Gasteiger charge is 2.25. The molecule has 19 heavy (non-hydrogen) atoms. The monoisotopic (exact) mass is 268 g/mol. The minimum absolute atomic E-state index is 0.0563. The third-order valence-corrected chi connectivity index (χ3v) is 3.32. The summed E-state index contributed by atoms with van der Waals surface area (Å²) in [5, 5.41) is 3.28. The number of rotatable bonds is 7. The fraction of sp³-hybridized carbons (Fsp3) is 0.571. The average molecular weight is 268 g/mol. The van der Waals surface area contributed by atoms with E-state index in [1.807, 2.05) is 19.2 Å². The van der Waals surface area contributed by atoms with E-state index in [-0.39, 0.29) is 12.0 Å². The Morgan fingerprint density at radius 1 is 1.11 bits per heavy atom. The van der Waals surface area contributed by atoms with E-state index in [4.69, 9.17) is 19.9 Å². The van der Waals surface area contributed by atoms with E-state index in [9.17, 15) is 0 Å². The van der Waals surface area contributed by atoms with E-state index in [0.29, 0.717) is 12.3 Å². The molecular formula is C14H24N2O3. The molecule has 2 unspecified atom stereocenters. The zero-order valence-corrected chi connectivity index (χ0v) is 12.3. The fourth-order valence-corrected chi connectivity index (χ4v) is 2.19. The number of nitrogens with one attached hydrogen (secondary N) is 1. The van der Waals surface area contributed by atoms with Crippen molar-refractivity contribution in [2.75, 3.05) is 34.9 Å². The van der Waals surface area contributed by atoms with E-state index in [1.165, 1.54) is 0 Å². The first-order valence-corrected chi connectivity index (χ1v) is 6.30. The highest BCUT2D eigenvalue weighted by molar-refractivity contribution is 5.52. The molecular weight excluding hydrogens is 244 g/mol. The van der Waals surface area contributed by atoms with Crippen molar-refractivity contribution in [3.05, 3.63) is 17.7 Å². The van der Waals surface area contributed by atoms with Gasteiger partial charge in [-0.25, -0.2) is 0 Å². The second kappa shape index (κ2) is 7.21. The third kappa shape index (κ3) is 3.30. The predicted molar refractivity (Wildman–Crippen MR) is 76.1 cm³/mol. The Balaban J connectivity index is 3.37. The van der Waals surface area contributed by atoms with Crippen molar-refractivity contribution < 1.29 is 14.2 Å². The number of methoxy groups -OCH3 is 3. The first-order valence-electron chi connectivity index (χ1n) is 6.30. The van der Waals surface area contributed by atoms with Crippen molar-refractivity contribution in [2.45, 2.75) is 13.0 Å². The van der Waals surface area contributed by atoms with Crippen LogP contribution >= 0.6 is 0 Å². The first kappa shape index (κ1) is 15.6. The molecule has 0 aromatic heterocycles. The quantitative estimate of drug-likeness (QED) is 0.786. The molecule has 0 aliphatic rings. The maximum absolute atomic E-state index is 5.78. The van der Waals surface area contributed by atoms with Crippen LogP contribution in [-0.4, -0.2) is 34.9 Å². The molecule has 1 aromatic carbocycles. The molecule has 108 valence electrons. The summed E-state index contributed by atoms with van der Waals surface area (Å²) in [5.74, 6) is 2.42. The van der Waals surface area contributed by atoms with E-state index < -0.39 is 0 Å². The highest BCUT2D eigenvalue weighted by Crippen LogP contribution is 2.40. The lowest BCUT2D eigenvalue weighted by atomic mass is 9.93. The molecule has 3 N–H and O–H groups in total. The second-order valence-corrected chi connectivity index (χ2v) is 4.42. The normalized spacial score (nSPS) is 13.8. The Morgan fingerprint density at radius 2 is 1.63 bits per heavy atom. The molecule has 0 fully saturated rings. The summed E-state index contributed by atoms with van der Waals surface area (Å²) in [6.45, 7) is 2.66. The first-order chi connectivity index (χ1) is 9.12. The van der Waals surface area contributed by atoms with Crippen molar-refractivity contribution in [2.24, 2.45) is 11.7 Å². The van der Waals surface area contributed by atoms with Gasteiger partial charge in [0, 0.05) is 18.2 Å². The minimum atomic E-state index is 0.0563. The molecule has 0 aliphatic heterocycles. The largest absolute Gasteiger partial charge is 0.496 e. The van der Waals surface area contributed by atoms with Gasteiger partial charge in [0.25, 0.3) is 0 Å². The van der Waals surface area contributed by atoms with Crippen LogP contribution in [-0.2, 0) is 0 Å². The van der Waals surface area contributed by atoms with Gasteiger partial charge in [-0.1, -0.05) is 6.92 Å². The molecule has 0 spiro atoms. The van der Waals surface area contributed by atoms with Gasteiger partial charge in [0.15, 0.2) is 0 Å². The Kier molecular flexibility index (Phi) is 5.92. The summed E-state index contributed by atoms with van der Waals surface area (Å²) in [7, 11) is 6.79. The van der Waals surface area contributed by atoms with Gasteiger partial charge in [0.05, 0.1) is 26.9 Å². The van der Waals surface area contributed by atoms with Gasteiger partial charge in [0.2, 0.25) is 0 Å². The van der Waals surface area contributed by atoms with Crippen LogP contribution in [0.5, 0.6) is 17.2 Å². The molecule has 0 bridgehead atoms. The standard InChI is InChI=1S/C14H24N2O3/c1-9(8-15)14(16-2)13-11(18-4)6-10(17-3)7-12(13)19-5/h6-7,9,14,16H,8,15H2,1-5H3. The molecule has 0 saturated heterocycles. The fourth-order valence-electron chi connectivity index (χ4n) is 2.19. The second-order valence-electron chi connectivity index (χ2n) is 4.42. The Labute approximate surface area is 115 Å². The van der Waals surface area contributed by atoms with Crippen molar-refractivity contribution in [1.82, 2.24) is 5.32 Å². The third-order valence-electron chi connectivity index (χ3n) is 3.32. The molecule has 5 nitrogen and oxygen atoms in total. The van der Waals surface area contributed by atoms with Crippen LogP contribution in [0.2, 0.25) is 0 Å². The van der Waals surface area contributed by atoms with Gasteiger partial charge in [-0.05, 0) is 19.5 Å². The maximum Gasteiger partial charge on any atom is 0.131 e. The SMILES string of the molecule is CNC(c1c(OC)cc(OC)cc1OC)C(C)CN. The van der Waals surface area contributed by atoms with Crippen LogP contribution in [0.4, 0.5) is 0 Å². The Bertz CT molecular complexity index is 385. The van der Waals surface area contributed by atoms with Crippen molar-refractivity contribution in [3.8, 4) is 17.2 Å². The lowest BCUT2D eigenvalue weighted by Crippen LogP contribution is -2.29. The molecule has 0 aliphatic carbocycles. The van der Waals surface area contributed by atoms with Crippen LogP contribution in [0.3, 0.4) is 0 Å². The molecule has 2 atom stereocenters. The van der Waals surface area contributed by atoms with Gasteiger partial charge in [-0.15, -0.1) is 0 Å². The minimum Gasteiger partial charge on any atom is -0.496 e. The van der Waals surface area contributed by atoms with E-state index >= 15 is 0 Å². The number of ether oxygens (including phenoxy) is 3. The molecule has 0 amide bonds. The van der Waals surface area contributed by atoms with Crippen LogP contribution in [0.25, 0.3) is 0 Å². The number of hydrogen-bond acceptors (Lipinski definition) is 5. The lowest BCUT2D eigenvalue weighted by molar-refractivity contribution is 0.339. The summed E-state index contributed by atoms with van der Waals surface area (Å²) < 4.78 is 16.2. The summed E-state index contributed by atoms with van der Waals surface area (Å²) in [4.78, 5) is 0. The summed E-state index contributed by atoms with van der Waals surface area (Å²) in [6, 6.07) is 3.76. The van der Waals surface area contributed by atoms with Gasteiger partial charge in [0.1, 0.15) is 17.2 Å². The molecule has 5 heteroatoms. The average Bonchev–Trinajstić information content (AvgIpc) is 2.47. The highest BCUT2D eigenvalue weighted by atomic mass is 16.5. The molecule has 1 aromatic rings. The summed E-state index contributed by atoms with van der Waals surface area (Å²) in [6.07, 6.45) is 0. The summed E-state index contributed by atoms with van der Waals surface area (Å²) in [5.41, 5.74) is 6.74. The topological polar surface area (TPSA) is 65.7 Å². The number of benzene rings is 1. The maximum atomic E-state index is 5.78. The van der Waals surface area contributed by atoms with Crippen molar-refractivity contribution in [1.29, 1.82) is 0 Å².